The third-order valence-electron chi connectivity index (χ3n) is 10.1. The van der Waals surface area contributed by atoms with Crippen LogP contribution in [-0.4, -0.2) is 60.3 Å². The van der Waals surface area contributed by atoms with Gasteiger partial charge in [-0.15, -0.1) is 0 Å². The fourth-order valence-electron chi connectivity index (χ4n) is 7.90. The smallest absolute Gasteiger partial charge is 0.335 e. The third kappa shape index (κ3) is 7.07. The summed E-state index contributed by atoms with van der Waals surface area (Å²) in [6.45, 7) is 7.32. The van der Waals surface area contributed by atoms with Crippen LogP contribution in [0, 0.1) is 11.2 Å². The number of fused-ring (bicyclic) bond motifs is 2. The molecule has 1 saturated heterocycles. The second-order valence-electron chi connectivity index (χ2n) is 14.7. The fourth-order valence-corrected chi connectivity index (χ4v) is 8.25. The highest BCUT2D eigenvalue weighted by Gasteiger charge is 2.63. The van der Waals surface area contributed by atoms with Crippen LogP contribution in [0.3, 0.4) is 0 Å². The molecule has 0 saturated carbocycles. The lowest BCUT2D eigenvalue weighted by atomic mass is 9.63. The minimum absolute atomic E-state index is 0.00365. The van der Waals surface area contributed by atoms with E-state index in [1.54, 1.807) is 36.4 Å². The Morgan fingerprint density at radius 3 is 2.33 bits per heavy atom. The first-order valence-corrected chi connectivity index (χ1v) is 17.7. The average molecular weight is 749 g/mol. The number of halogens is 3. The van der Waals surface area contributed by atoms with Gasteiger partial charge in [0, 0.05) is 41.2 Å². The van der Waals surface area contributed by atoms with E-state index in [2.05, 4.69) is 36.3 Å². The lowest BCUT2D eigenvalue weighted by molar-refractivity contribution is -0.118. The van der Waals surface area contributed by atoms with Gasteiger partial charge in [0.25, 0.3) is 0 Å². The molecule has 4 aromatic rings. The molecule has 0 bridgehead atoms. The van der Waals surface area contributed by atoms with Crippen LogP contribution in [0.4, 0.5) is 15.8 Å². The number of methoxy groups -OCH3 is 1. The SMILES string of the molecule is COc1cc(C(=O)O)ccc1NC(=O)[C@@H]1N[C@@H](CC(C)(C)C)[C@@]2(CN(CCc3ccc(C(=O)O)cc3)c3cc(Cl)ccc32)[C@H]1c1cccc(Cl)c1F. The number of carbonyl (C=O) groups is 3. The van der Waals surface area contributed by atoms with Gasteiger partial charge in [-0.25, -0.2) is 14.0 Å². The van der Waals surface area contributed by atoms with Crippen LogP contribution < -0.4 is 20.3 Å². The number of aromatic carboxylic acids is 2. The van der Waals surface area contributed by atoms with Gasteiger partial charge in [0.2, 0.25) is 5.91 Å². The molecule has 6 rings (SSSR count). The Hall–Kier alpha value is -4.64. The number of carbonyl (C=O) groups excluding carboxylic acids is 1. The number of anilines is 2. The highest BCUT2D eigenvalue weighted by molar-refractivity contribution is 6.31. The van der Waals surface area contributed by atoms with Crippen molar-refractivity contribution in [1.29, 1.82) is 0 Å². The van der Waals surface area contributed by atoms with Crippen molar-refractivity contribution in [1.82, 2.24) is 5.32 Å². The number of ether oxygens (including phenoxy) is 1. The summed E-state index contributed by atoms with van der Waals surface area (Å²) in [4.78, 5) is 39.9. The number of nitrogens with one attached hydrogen (secondary N) is 2. The van der Waals surface area contributed by atoms with E-state index in [0.29, 0.717) is 31.0 Å². The van der Waals surface area contributed by atoms with Crippen LogP contribution in [-0.2, 0) is 16.6 Å². The highest BCUT2D eigenvalue weighted by atomic mass is 35.5. The molecule has 0 aromatic heterocycles. The van der Waals surface area contributed by atoms with Crippen LogP contribution >= 0.6 is 23.2 Å². The number of benzene rings is 4. The second kappa shape index (κ2) is 14.4. The van der Waals surface area contributed by atoms with E-state index in [1.807, 2.05) is 18.2 Å². The van der Waals surface area contributed by atoms with Crippen molar-refractivity contribution in [2.45, 2.75) is 57.0 Å². The maximum Gasteiger partial charge on any atom is 0.335 e. The van der Waals surface area contributed by atoms with Crippen LogP contribution in [0.5, 0.6) is 5.75 Å². The van der Waals surface area contributed by atoms with E-state index in [0.717, 1.165) is 16.8 Å². The summed E-state index contributed by atoms with van der Waals surface area (Å²) in [5.74, 6) is -3.79. The molecule has 0 unspecified atom stereocenters. The van der Waals surface area contributed by atoms with E-state index in [1.165, 1.54) is 31.4 Å². The first kappa shape index (κ1) is 37.1. The molecule has 0 aliphatic carbocycles. The van der Waals surface area contributed by atoms with Crippen LogP contribution in [0.2, 0.25) is 10.0 Å². The lowest BCUT2D eigenvalue weighted by Gasteiger charge is -2.40. The summed E-state index contributed by atoms with van der Waals surface area (Å²) in [6, 6.07) is 20.2. The minimum Gasteiger partial charge on any atom is -0.495 e. The monoisotopic (exact) mass is 747 g/mol. The van der Waals surface area contributed by atoms with Gasteiger partial charge in [0.1, 0.15) is 11.6 Å². The van der Waals surface area contributed by atoms with E-state index >= 15 is 4.39 Å². The highest BCUT2D eigenvalue weighted by Crippen LogP contribution is 2.58. The molecule has 4 atom stereocenters. The molecule has 1 fully saturated rings. The Kier molecular flexibility index (Phi) is 10.3. The summed E-state index contributed by atoms with van der Waals surface area (Å²) in [5.41, 5.74) is 2.43. The van der Waals surface area contributed by atoms with Crippen molar-refractivity contribution in [2.75, 3.05) is 30.4 Å². The lowest BCUT2D eigenvalue weighted by Crippen LogP contribution is -2.48. The van der Waals surface area contributed by atoms with E-state index in [-0.39, 0.29) is 44.6 Å². The zero-order valence-electron chi connectivity index (χ0n) is 29.2. The third-order valence-corrected chi connectivity index (χ3v) is 10.7. The van der Waals surface area contributed by atoms with Crippen molar-refractivity contribution in [3.8, 4) is 5.75 Å². The zero-order chi connectivity index (χ0) is 37.5. The molecule has 272 valence electrons. The van der Waals surface area contributed by atoms with Crippen LogP contribution in [0.1, 0.15) is 70.5 Å². The van der Waals surface area contributed by atoms with Gasteiger partial charge in [-0.1, -0.05) is 74.3 Å². The Balaban J connectivity index is 1.48. The Bertz CT molecular complexity index is 2030. The minimum atomic E-state index is -1.14. The molecule has 12 heteroatoms. The Morgan fingerprint density at radius 2 is 1.67 bits per heavy atom. The molecule has 4 N–H and O–H groups in total. The number of nitrogens with zero attached hydrogens (tertiary/aromatic N) is 1. The van der Waals surface area contributed by atoms with Gasteiger partial charge in [0.05, 0.1) is 35.0 Å². The van der Waals surface area contributed by atoms with Gasteiger partial charge >= 0.3 is 11.9 Å². The van der Waals surface area contributed by atoms with Gasteiger partial charge in [-0.05, 0) is 83.5 Å². The summed E-state index contributed by atoms with van der Waals surface area (Å²) < 4.78 is 21.9. The largest absolute Gasteiger partial charge is 0.495 e. The Labute approximate surface area is 311 Å². The predicted octanol–water partition coefficient (Wildman–Crippen LogP) is 8.04. The van der Waals surface area contributed by atoms with Gasteiger partial charge in [-0.2, -0.15) is 0 Å². The zero-order valence-corrected chi connectivity index (χ0v) is 30.7. The quantitative estimate of drug-likeness (QED) is 0.128. The van der Waals surface area contributed by atoms with E-state index in [9.17, 15) is 24.6 Å². The van der Waals surface area contributed by atoms with Crippen molar-refractivity contribution in [3.63, 3.8) is 0 Å². The molecule has 9 nitrogen and oxygen atoms in total. The molecule has 2 aliphatic rings. The van der Waals surface area contributed by atoms with Gasteiger partial charge in [0.15, 0.2) is 0 Å². The number of carboxylic acid groups (broad SMARTS) is 2. The standard InChI is InChI=1S/C40H40Cl2FN3O6/c1-39(2,3)20-32-40(21-46(30-19-25(41)13-14-27(30)40)17-16-22-8-10-23(11-9-22)37(48)49)33(26-6-5-7-28(42)34(26)43)35(45-32)36(47)44-29-15-12-24(38(50)51)18-31(29)52-4/h5-15,18-19,32-33,35,45H,16-17,20-21H2,1-4H3,(H,44,47)(H,48,49)(H,50,51)/t32-,33-,35+,40-/m0/s1. The predicted molar refractivity (Wildman–Crippen MR) is 200 cm³/mol. The fraction of sp³-hybridized carbons (Fsp3) is 0.325. The molecule has 1 spiro atoms. The maximum absolute atomic E-state index is 16.4. The molecular weight excluding hydrogens is 708 g/mol. The van der Waals surface area contributed by atoms with Gasteiger partial charge < -0.3 is 30.5 Å². The summed E-state index contributed by atoms with van der Waals surface area (Å²) in [7, 11) is 1.39. The average Bonchev–Trinajstić information content (AvgIpc) is 3.58. The Morgan fingerprint density at radius 1 is 0.981 bits per heavy atom. The van der Waals surface area contributed by atoms with Crippen LogP contribution in [0.15, 0.2) is 78.9 Å². The molecule has 1 amide bonds. The maximum atomic E-state index is 16.4. The first-order chi connectivity index (χ1) is 24.6. The van der Waals surface area contributed by atoms with Crippen LogP contribution in [0.25, 0.3) is 0 Å². The van der Waals surface area contributed by atoms with Crippen molar-refractivity contribution >= 4 is 52.4 Å². The summed E-state index contributed by atoms with van der Waals surface area (Å²) in [5, 5.41) is 26.0. The number of amides is 1. The number of hydrogen-bond acceptors (Lipinski definition) is 6. The van der Waals surface area contributed by atoms with Gasteiger partial charge in [-0.3, -0.25) is 4.79 Å². The van der Waals surface area contributed by atoms with Crippen molar-refractivity contribution in [2.24, 2.45) is 5.41 Å². The first-order valence-electron chi connectivity index (χ1n) is 16.9. The van der Waals surface area contributed by atoms with Crippen molar-refractivity contribution < 1.29 is 33.7 Å². The normalized spacial score (nSPS) is 20.9. The molecular formula is C40H40Cl2FN3O6. The van der Waals surface area contributed by atoms with Crippen molar-refractivity contribution in [3.05, 3.63) is 123 Å². The van der Waals surface area contributed by atoms with E-state index < -0.39 is 41.0 Å². The summed E-state index contributed by atoms with van der Waals surface area (Å²) in [6.07, 6.45) is 1.21. The molecule has 2 heterocycles. The second-order valence-corrected chi connectivity index (χ2v) is 15.5. The molecule has 52 heavy (non-hydrogen) atoms. The molecule has 0 radical (unpaired) electrons. The topological polar surface area (TPSA) is 128 Å². The summed E-state index contributed by atoms with van der Waals surface area (Å²) >= 11 is 13.1. The number of hydrogen-bond donors (Lipinski definition) is 4. The molecule has 4 aromatic carbocycles. The molecule has 2 aliphatic heterocycles. The number of rotatable bonds is 10. The van der Waals surface area contributed by atoms with E-state index in [4.69, 9.17) is 27.9 Å². The number of carboxylic acids is 2.